The van der Waals surface area contributed by atoms with E-state index in [1.807, 2.05) is 0 Å². The van der Waals surface area contributed by atoms with E-state index in [9.17, 15) is 8.78 Å². The Labute approximate surface area is 123 Å². The minimum atomic E-state index is -0.491. The van der Waals surface area contributed by atoms with Crippen LogP contribution in [0.5, 0.6) is 5.75 Å². The summed E-state index contributed by atoms with van der Waals surface area (Å²) in [5.41, 5.74) is 6.15. The smallest absolute Gasteiger partial charge is 0.134 e. The van der Waals surface area contributed by atoms with Crippen molar-refractivity contribution in [3.05, 3.63) is 63.6 Å². The summed E-state index contributed by atoms with van der Waals surface area (Å²) >= 11 is 3.18. The van der Waals surface area contributed by atoms with Crippen molar-refractivity contribution in [2.24, 2.45) is 5.73 Å². The summed E-state index contributed by atoms with van der Waals surface area (Å²) in [6, 6.07) is 8.07. The Hall–Kier alpha value is -1.95. The van der Waals surface area contributed by atoms with Crippen LogP contribution >= 0.6 is 15.9 Å². The van der Waals surface area contributed by atoms with E-state index < -0.39 is 5.82 Å². The summed E-state index contributed by atoms with van der Waals surface area (Å²) in [4.78, 5) is 0. The zero-order valence-electron chi connectivity index (χ0n) is 10.3. The van der Waals surface area contributed by atoms with Gasteiger partial charge in [-0.3, -0.25) is 5.41 Å². The van der Waals surface area contributed by atoms with Crippen LogP contribution in [0.25, 0.3) is 0 Å². The van der Waals surface area contributed by atoms with E-state index in [4.69, 9.17) is 15.9 Å². The van der Waals surface area contributed by atoms with Crippen molar-refractivity contribution < 1.29 is 13.5 Å². The van der Waals surface area contributed by atoms with Crippen LogP contribution in [0.4, 0.5) is 8.78 Å². The number of nitrogens with one attached hydrogen (secondary N) is 1. The van der Waals surface area contributed by atoms with E-state index in [2.05, 4.69) is 15.9 Å². The van der Waals surface area contributed by atoms with E-state index in [-0.39, 0.29) is 18.3 Å². The van der Waals surface area contributed by atoms with Gasteiger partial charge in [-0.25, -0.2) is 8.78 Å². The van der Waals surface area contributed by atoms with E-state index >= 15 is 0 Å². The molecule has 0 saturated carbocycles. The van der Waals surface area contributed by atoms with Crippen molar-refractivity contribution in [1.82, 2.24) is 0 Å². The molecule has 0 atom stereocenters. The van der Waals surface area contributed by atoms with Gasteiger partial charge in [0.2, 0.25) is 0 Å². The normalized spacial score (nSPS) is 10.3. The van der Waals surface area contributed by atoms with Gasteiger partial charge in [0, 0.05) is 5.56 Å². The Morgan fingerprint density at radius 3 is 2.55 bits per heavy atom. The number of nitrogen functional groups attached to an aromatic ring is 1. The molecule has 3 nitrogen and oxygen atoms in total. The second-order valence-electron chi connectivity index (χ2n) is 4.13. The second-order valence-corrected chi connectivity index (χ2v) is 4.98. The lowest BCUT2D eigenvalue weighted by Gasteiger charge is -2.09. The van der Waals surface area contributed by atoms with Gasteiger partial charge in [0.25, 0.3) is 0 Å². The Bertz CT molecular complexity index is 662. The highest BCUT2D eigenvalue weighted by Gasteiger charge is 2.06. The Morgan fingerprint density at radius 1 is 1.15 bits per heavy atom. The highest BCUT2D eigenvalue weighted by atomic mass is 79.9. The highest BCUT2D eigenvalue weighted by Crippen LogP contribution is 2.26. The molecule has 0 aliphatic carbocycles. The summed E-state index contributed by atoms with van der Waals surface area (Å²) in [6.07, 6.45) is 0. The number of hydrogen-bond donors (Lipinski definition) is 2. The standard InChI is InChI=1S/C14H11BrF2N2O/c15-12-6-10(16)1-2-13(12)20-7-8-3-9(14(18)19)5-11(17)4-8/h1-6H,7H2,(H3,18,19). The SMILES string of the molecule is N=C(N)c1cc(F)cc(COc2ccc(F)cc2Br)c1. The maximum atomic E-state index is 13.4. The quantitative estimate of drug-likeness (QED) is 0.660. The molecule has 0 aromatic heterocycles. The molecule has 2 rings (SSSR count). The summed E-state index contributed by atoms with van der Waals surface area (Å²) < 4.78 is 32.3. The van der Waals surface area contributed by atoms with E-state index in [0.29, 0.717) is 21.3 Å². The first kappa shape index (κ1) is 14.5. The van der Waals surface area contributed by atoms with Crippen LogP contribution in [-0.2, 0) is 6.61 Å². The average molecular weight is 341 g/mol. The van der Waals surface area contributed by atoms with Crippen molar-refractivity contribution in [2.75, 3.05) is 0 Å². The number of amidine groups is 1. The second kappa shape index (κ2) is 6.00. The third kappa shape index (κ3) is 3.54. The number of rotatable bonds is 4. The number of halogens is 3. The summed E-state index contributed by atoms with van der Waals surface area (Å²) in [6.45, 7) is 0.0856. The van der Waals surface area contributed by atoms with Crippen LogP contribution in [0.15, 0.2) is 40.9 Å². The van der Waals surface area contributed by atoms with Gasteiger partial charge >= 0.3 is 0 Å². The minimum Gasteiger partial charge on any atom is -0.488 e. The van der Waals surface area contributed by atoms with Crippen LogP contribution in [0.3, 0.4) is 0 Å². The average Bonchev–Trinajstić information content (AvgIpc) is 2.37. The van der Waals surface area contributed by atoms with Crippen LogP contribution in [0.1, 0.15) is 11.1 Å². The zero-order chi connectivity index (χ0) is 14.7. The van der Waals surface area contributed by atoms with Gasteiger partial charge in [-0.2, -0.15) is 0 Å². The van der Waals surface area contributed by atoms with Crippen molar-refractivity contribution >= 4 is 21.8 Å². The fraction of sp³-hybridized carbons (Fsp3) is 0.0714. The van der Waals surface area contributed by atoms with Gasteiger partial charge < -0.3 is 10.5 Å². The molecule has 0 radical (unpaired) electrons. The highest BCUT2D eigenvalue weighted by molar-refractivity contribution is 9.10. The van der Waals surface area contributed by atoms with Crippen LogP contribution in [0.2, 0.25) is 0 Å². The maximum Gasteiger partial charge on any atom is 0.134 e. The van der Waals surface area contributed by atoms with Gasteiger partial charge in [-0.15, -0.1) is 0 Å². The number of ether oxygens (including phenoxy) is 1. The number of benzene rings is 2. The van der Waals surface area contributed by atoms with Crippen LogP contribution < -0.4 is 10.5 Å². The predicted molar refractivity (Wildman–Crippen MR) is 75.8 cm³/mol. The first-order valence-electron chi connectivity index (χ1n) is 5.67. The first-order valence-corrected chi connectivity index (χ1v) is 6.47. The lowest BCUT2D eigenvalue weighted by atomic mass is 10.1. The van der Waals surface area contributed by atoms with Gasteiger partial charge in [0.15, 0.2) is 0 Å². The maximum absolute atomic E-state index is 13.4. The molecule has 2 aromatic carbocycles. The Kier molecular flexibility index (Phi) is 4.34. The first-order chi connectivity index (χ1) is 9.45. The molecular formula is C14H11BrF2N2O. The summed E-state index contributed by atoms with van der Waals surface area (Å²) in [5, 5.41) is 7.30. The molecule has 0 unspecified atom stereocenters. The Morgan fingerprint density at radius 2 is 1.90 bits per heavy atom. The molecule has 0 spiro atoms. The number of nitrogens with two attached hydrogens (primary N) is 1. The molecular weight excluding hydrogens is 330 g/mol. The van der Waals surface area contributed by atoms with E-state index in [1.54, 1.807) is 6.07 Å². The van der Waals surface area contributed by atoms with E-state index in [0.717, 1.165) is 0 Å². The van der Waals surface area contributed by atoms with Crippen molar-refractivity contribution in [3.63, 3.8) is 0 Å². The molecule has 3 N–H and O–H groups in total. The van der Waals surface area contributed by atoms with Gasteiger partial charge in [-0.1, -0.05) is 0 Å². The molecule has 0 aliphatic heterocycles. The molecule has 0 heterocycles. The predicted octanol–water partition coefficient (Wildman–Crippen LogP) is 3.59. The lowest BCUT2D eigenvalue weighted by Crippen LogP contribution is -2.12. The molecule has 20 heavy (non-hydrogen) atoms. The third-order valence-corrected chi connectivity index (χ3v) is 3.18. The van der Waals surface area contributed by atoms with Gasteiger partial charge in [0.05, 0.1) is 4.47 Å². The zero-order valence-corrected chi connectivity index (χ0v) is 11.9. The van der Waals surface area contributed by atoms with Gasteiger partial charge in [0.1, 0.15) is 29.8 Å². The summed E-state index contributed by atoms with van der Waals surface area (Å²) in [7, 11) is 0. The summed E-state index contributed by atoms with van der Waals surface area (Å²) in [5.74, 6) is -0.642. The fourth-order valence-corrected chi connectivity index (χ4v) is 2.11. The molecule has 0 aliphatic rings. The lowest BCUT2D eigenvalue weighted by molar-refractivity contribution is 0.303. The molecule has 0 saturated heterocycles. The number of hydrogen-bond acceptors (Lipinski definition) is 2. The van der Waals surface area contributed by atoms with Gasteiger partial charge in [-0.05, 0) is 57.9 Å². The molecule has 6 heteroatoms. The fourth-order valence-electron chi connectivity index (χ4n) is 1.64. The molecule has 0 fully saturated rings. The molecule has 2 aromatic rings. The largest absolute Gasteiger partial charge is 0.488 e. The molecule has 0 bridgehead atoms. The van der Waals surface area contributed by atoms with Crippen molar-refractivity contribution in [1.29, 1.82) is 5.41 Å². The molecule has 104 valence electrons. The topological polar surface area (TPSA) is 59.1 Å². The van der Waals surface area contributed by atoms with Crippen LogP contribution in [0, 0.1) is 17.0 Å². The third-order valence-electron chi connectivity index (χ3n) is 2.56. The monoisotopic (exact) mass is 340 g/mol. The Balaban J connectivity index is 2.16. The van der Waals surface area contributed by atoms with Crippen LogP contribution in [-0.4, -0.2) is 5.84 Å². The minimum absolute atomic E-state index is 0.0856. The molecule has 0 amide bonds. The van der Waals surface area contributed by atoms with Crippen molar-refractivity contribution in [3.8, 4) is 5.75 Å². The van der Waals surface area contributed by atoms with E-state index in [1.165, 1.54) is 30.3 Å². The van der Waals surface area contributed by atoms with Crippen molar-refractivity contribution in [2.45, 2.75) is 6.61 Å².